The molecule has 1 amide bonds. The summed E-state index contributed by atoms with van der Waals surface area (Å²) in [7, 11) is 0. The van der Waals surface area contributed by atoms with Crippen molar-refractivity contribution >= 4 is 5.91 Å². The van der Waals surface area contributed by atoms with Crippen LogP contribution in [0.5, 0.6) is 0 Å². The lowest BCUT2D eigenvalue weighted by molar-refractivity contribution is -0.134. The van der Waals surface area contributed by atoms with Crippen LogP contribution >= 0.6 is 0 Å². The summed E-state index contributed by atoms with van der Waals surface area (Å²) in [6, 6.07) is -0.379. The zero-order valence-corrected chi connectivity index (χ0v) is 9.74. The zero-order valence-electron chi connectivity index (χ0n) is 9.74. The van der Waals surface area contributed by atoms with Crippen LogP contribution in [0.25, 0.3) is 0 Å². The average molecular weight is 214 g/mol. The van der Waals surface area contributed by atoms with Crippen molar-refractivity contribution in [1.29, 1.82) is 0 Å². The number of ether oxygens (including phenoxy) is 1. The van der Waals surface area contributed by atoms with Crippen molar-refractivity contribution in [2.45, 2.75) is 32.7 Å². The maximum absolute atomic E-state index is 11.7. The third-order valence-corrected chi connectivity index (χ3v) is 2.78. The molecule has 1 fully saturated rings. The SMILES string of the molecule is CCOC[C@@H]1CCCN(C(=O)[C@H](C)N)C1. The lowest BCUT2D eigenvalue weighted by Gasteiger charge is -2.33. The smallest absolute Gasteiger partial charge is 0.239 e. The molecule has 2 N–H and O–H groups in total. The van der Waals surface area contributed by atoms with Crippen molar-refractivity contribution < 1.29 is 9.53 Å². The van der Waals surface area contributed by atoms with E-state index in [1.807, 2.05) is 11.8 Å². The summed E-state index contributed by atoms with van der Waals surface area (Å²) in [6.07, 6.45) is 2.22. The van der Waals surface area contributed by atoms with Gasteiger partial charge in [-0.2, -0.15) is 0 Å². The first-order valence-electron chi connectivity index (χ1n) is 5.77. The van der Waals surface area contributed by atoms with Gasteiger partial charge >= 0.3 is 0 Å². The number of carbonyl (C=O) groups is 1. The van der Waals surface area contributed by atoms with E-state index in [1.54, 1.807) is 6.92 Å². The third kappa shape index (κ3) is 3.80. The number of amides is 1. The highest BCUT2D eigenvalue weighted by Crippen LogP contribution is 2.17. The van der Waals surface area contributed by atoms with Crippen LogP contribution in [0.1, 0.15) is 26.7 Å². The third-order valence-electron chi connectivity index (χ3n) is 2.78. The van der Waals surface area contributed by atoms with Crippen molar-refractivity contribution in [3.63, 3.8) is 0 Å². The normalized spacial score (nSPS) is 23.9. The molecule has 1 heterocycles. The summed E-state index contributed by atoms with van der Waals surface area (Å²) in [5.74, 6) is 0.553. The van der Waals surface area contributed by atoms with Gasteiger partial charge in [0, 0.05) is 19.7 Å². The lowest BCUT2D eigenvalue weighted by Crippen LogP contribution is -2.47. The highest BCUT2D eigenvalue weighted by molar-refractivity contribution is 5.81. The Morgan fingerprint density at radius 1 is 1.67 bits per heavy atom. The summed E-state index contributed by atoms with van der Waals surface area (Å²) in [5.41, 5.74) is 5.59. The topological polar surface area (TPSA) is 55.6 Å². The van der Waals surface area contributed by atoms with Crippen LogP contribution in [-0.4, -0.2) is 43.2 Å². The molecule has 0 radical (unpaired) electrons. The summed E-state index contributed by atoms with van der Waals surface area (Å²) in [6.45, 7) is 6.91. The maximum atomic E-state index is 11.7. The first-order chi connectivity index (χ1) is 7.15. The number of nitrogens with zero attached hydrogens (tertiary/aromatic N) is 1. The van der Waals surface area contributed by atoms with Crippen molar-refractivity contribution in [3.05, 3.63) is 0 Å². The van der Waals surface area contributed by atoms with E-state index in [2.05, 4.69) is 0 Å². The zero-order chi connectivity index (χ0) is 11.3. The van der Waals surface area contributed by atoms with Crippen molar-refractivity contribution in [3.8, 4) is 0 Å². The Morgan fingerprint density at radius 3 is 3.00 bits per heavy atom. The van der Waals surface area contributed by atoms with E-state index >= 15 is 0 Å². The van der Waals surface area contributed by atoms with Gasteiger partial charge < -0.3 is 15.4 Å². The number of nitrogens with two attached hydrogens (primary N) is 1. The second-order valence-corrected chi connectivity index (χ2v) is 4.24. The van der Waals surface area contributed by atoms with Crippen molar-refractivity contribution in [2.75, 3.05) is 26.3 Å². The van der Waals surface area contributed by atoms with Gasteiger partial charge in [-0.15, -0.1) is 0 Å². The van der Waals surface area contributed by atoms with E-state index in [0.717, 1.165) is 39.1 Å². The van der Waals surface area contributed by atoms with E-state index in [0.29, 0.717) is 5.92 Å². The second kappa shape index (κ2) is 6.08. The Balaban J connectivity index is 2.38. The first-order valence-corrected chi connectivity index (χ1v) is 5.77. The van der Waals surface area contributed by atoms with Crippen LogP contribution < -0.4 is 5.73 Å². The Bertz CT molecular complexity index is 207. The Kier molecular flexibility index (Phi) is 5.05. The first kappa shape index (κ1) is 12.5. The summed E-state index contributed by atoms with van der Waals surface area (Å²) in [4.78, 5) is 13.6. The monoisotopic (exact) mass is 214 g/mol. The van der Waals surface area contributed by atoms with Gasteiger partial charge in [-0.25, -0.2) is 0 Å². The predicted molar refractivity (Wildman–Crippen MR) is 59.4 cm³/mol. The van der Waals surface area contributed by atoms with E-state index in [-0.39, 0.29) is 11.9 Å². The quantitative estimate of drug-likeness (QED) is 0.746. The fraction of sp³-hybridized carbons (Fsp3) is 0.909. The molecule has 0 bridgehead atoms. The van der Waals surface area contributed by atoms with Gasteiger partial charge in [-0.3, -0.25) is 4.79 Å². The van der Waals surface area contributed by atoms with E-state index < -0.39 is 0 Å². The number of likely N-dealkylation sites (tertiary alicyclic amines) is 1. The largest absolute Gasteiger partial charge is 0.381 e. The van der Waals surface area contributed by atoms with E-state index in [4.69, 9.17) is 10.5 Å². The van der Waals surface area contributed by atoms with Gasteiger partial charge in [0.2, 0.25) is 5.91 Å². The molecule has 88 valence electrons. The Labute approximate surface area is 91.8 Å². The van der Waals surface area contributed by atoms with E-state index in [9.17, 15) is 4.79 Å². The number of hydrogen-bond donors (Lipinski definition) is 1. The molecular weight excluding hydrogens is 192 g/mol. The Morgan fingerprint density at radius 2 is 2.40 bits per heavy atom. The molecule has 1 rings (SSSR count). The maximum Gasteiger partial charge on any atom is 0.239 e. The van der Waals surface area contributed by atoms with Crippen molar-refractivity contribution in [1.82, 2.24) is 4.90 Å². The fourth-order valence-corrected chi connectivity index (χ4v) is 1.97. The molecule has 0 saturated carbocycles. The minimum absolute atomic E-state index is 0.0659. The second-order valence-electron chi connectivity index (χ2n) is 4.24. The van der Waals surface area contributed by atoms with Gasteiger partial charge in [0.05, 0.1) is 12.6 Å². The molecule has 0 aromatic heterocycles. The molecule has 0 spiro atoms. The summed E-state index contributed by atoms with van der Waals surface area (Å²) >= 11 is 0. The fourth-order valence-electron chi connectivity index (χ4n) is 1.97. The van der Waals surface area contributed by atoms with E-state index in [1.165, 1.54) is 0 Å². The van der Waals surface area contributed by atoms with Crippen LogP contribution in [0.3, 0.4) is 0 Å². The van der Waals surface area contributed by atoms with Crippen LogP contribution in [-0.2, 0) is 9.53 Å². The molecule has 4 heteroatoms. The molecule has 15 heavy (non-hydrogen) atoms. The average Bonchev–Trinajstić information content (AvgIpc) is 2.25. The summed E-state index contributed by atoms with van der Waals surface area (Å²) < 4.78 is 5.39. The minimum Gasteiger partial charge on any atom is -0.381 e. The van der Waals surface area contributed by atoms with Gasteiger partial charge in [0.15, 0.2) is 0 Å². The number of piperidine rings is 1. The number of carbonyl (C=O) groups excluding carboxylic acids is 1. The number of rotatable bonds is 4. The summed E-state index contributed by atoms with van der Waals surface area (Å²) in [5, 5.41) is 0. The molecule has 1 aliphatic heterocycles. The van der Waals surface area contributed by atoms with Crippen LogP contribution in [0.2, 0.25) is 0 Å². The molecule has 0 aromatic carbocycles. The van der Waals surface area contributed by atoms with Crippen LogP contribution in [0, 0.1) is 5.92 Å². The van der Waals surface area contributed by atoms with Gasteiger partial charge in [0.1, 0.15) is 0 Å². The highest BCUT2D eigenvalue weighted by atomic mass is 16.5. The molecule has 4 nitrogen and oxygen atoms in total. The molecular formula is C11H22N2O2. The van der Waals surface area contributed by atoms with Crippen molar-refractivity contribution in [2.24, 2.45) is 11.7 Å². The molecule has 0 unspecified atom stereocenters. The number of hydrogen-bond acceptors (Lipinski definition) is 3. The van der Waals surface area contributed by atoms with Gasteiger partial charge in [-0.05, 0) is 32.6 Å². The molecule has 1 aliphatic rings. The minimum atomic E-state index is -0.379. The highest BCUT2D eigenvalue weighted by Gasteiger charge is 2.25. The molecule has 1 saturated heterocycles. The van der Waals surface area contributed by atoms with Crippen LogP contribution in [0.4, 0.5) is 0 Å². The molecule has 2 atom stereocenters. The molecule has 0 aliphatic carbocycles. The lowest BCUT2D eigenvalue weighted by atomic mass is 9.98. The van der Waals surface area contributed by atoms with Crippen LogP contribution in [0.15, 0.2) is 0 Å². The predicted octanol–water partition coefficient (Wildman–Crippen LogP) is 0.609. The van der Waals surface area contributed by atoms with Gasteiger partial charge in [0.25, 0.3) is 0 Å². The molecule has 0 aromatic rings. The van der Waals surface area contributed by atoms with Gasteiger partial charge in [-0.1, -0.05) is 0 Å². The standard InChI is InChI=1S/C11H22N2O2/c1-3-15-8-10-5-4-6-13(7-10)11(14)9(2)12/h9-10H,3-8,12H2,1-2H3/t9-,10+/m0/s1. The Hall–Kier alpha value is -0.610.